The summed E-state index contributed by atoms with van der Waals surface area (Å²) < 4.78 is 1.66. The summed E-state index contributed by atoms with van der Waals surface area (Å²) in [7, 11) is 3.88. The molecule has 4 rings (SSSR count). The Kier molecular flexibility index (Phi) is 6.87. The van der Waals surface area contributed by atoms with Crippen LogP contribution >= 0.6 is 0 Å². The van der Waals surface area contributed by atoms with Crippen LogP contribution in [-0.2, 0) is 4.79 Å². The molecule has 0 fully saturated rings. The second kappa shape index (κ2) is 9.75. The van der Waals surface area contributed by atoms with Crippen molar-refractivity contribution >= 4 is 39.8 Å². The number of tetrazole rings is 1. The van der Waals surface area contributed by atoms with Crippen molar-refractivity contribution in [1.29, 1.82) is 0 Å². The topological polar surface area (TPSA) is 100 Å². The van der Waals surface area contributed by atoms with Crippen molar-refractivity contribution in [3.05, 3.63) is 48.5 Å². The number of nitrogens with zero attached hydrogens (tertiary/aromatic N) is 6. The lowest BCUT2D eigenvalue weighted by molar-refractivity contribution is -0.116. The van der Waals surface area contributed by atoms with Crippen LogP contribution in [0.1, 0.15) is 23.1 Å². The fourth-order valence-electron chi connectivity index (χ4n) is 2.81. The van der Waals surface area contributed by atoms with Crippen molar-refractivity contribution in [2.24, 2.45) is 0 Å². The lowest BCUT2D eigenvalue weighted by Gasteiger charge is -2.11. The normalized spacial score (nSPS) is 10.7. The first-order chi connectivity index (χ1) is 14.6. The van der Waals surface area contributed by atoms with Crippen LogP contribution in [0.5, 0.6) is 0 Å². The highest BCUT2D eigenvalue weighted by molar-refractivity contribution is 5.91. The van der Waals surface area contributed by atoms with Crippen LogP contribution in [0, 0.1) is 0 Å². The Balaban J connectivity index is 0.00000125. The van der Waals surface area contributed by atoms with E-state index in [4.69, 9.17) is 0 Å². The largest absolute Gasteiger partial charge is 0.337 e. The molecule has 0 spiro atoms. The molecule has 2 aromatic heterocycles. The van der Waals surface area contributed by atoms with Gasteiger partial charge in [-0.3, -0.25) is 4.79 Å². The first-order valence-electron chi connectivity index (χ1n) is 9.89. The van der Waals surface area contributed by atoms with E-state index >= 15 is 0 Å². The summed E-state index contributed by atoms with van der Waals surface area (Å²) in [6.45, 7) is 4.71. The third-order valence-corrected chi connectivity index (χ3v) is 4.24. The number of amides is 1. The van der Waals surface area contributed by atoms with Gasteiger partial charge in [-0.1, -0.05) is 26.0 Å². The molecule has 9 nitrogen and oxygen atoms in total. The molecule has 0 aliphatic heterocycles. The molecular weight excluding hydrogens is 380 g/mol. The summed E-state index contributed by atoms with van der Waals surface area (Å²) in [5, 5.41) is 18.0. The van der Waals surface area contributed by atoms with E-state index in [1.165, 1.54) is 0 Å². The summed E-state index contributed by atoms with van der Waals surface area (Å²) in [5.74, 6) is 0.549. The van der Waals surface area contributed by atoms with Gasteiger partial charge in [-0.2, -0.15) is 4.52 Å². The van der Waals surface area contributed by atoms with E-state index in [9.17, 15) is 4.79 Å². The van der Waals surface area contributed by atoms with Gasteiger partial charge >= 0.3 is 0 Å². The van der Waals surface area contributed by atoms with Gasteiger partial charge in [0.1, 0.15) is 0 Å². The number of hydrogen-bond acceptors (Lipinski definition) is 7. The number of rotatable bonds is 6. The van der Waals surface area contributed by atoms with Gasteiger partial charge in [0.05, 0.1) is 11.0 Å². The predicted molar refractivity (Wildman–Crippen MR) is 123 cm³/mol. The summed E-state index contributed by atoms with van der Waals surface area (Å²) in [5.41, 5.74) is 3.73. The average Bonchev–Trinajstić information content (AvgIpc) is 3.26. The maximum Gasteiger partial charge on any atom is 0.225 e. The Morgan fingerprint density at radius 1 is 1.07 bits per heavy atom. The minimum Gasteiger partial charge on any atom is -0.337 e. The zero-order chi connectivity index (χ0) is 21.5. The van der Waals surface area contributed by atoms with Crippen LogP contribution in [0.25, 0.3) is 16.7 Å². The van der Waals surface area contributed by atoms with E-state index < -0.39 is 0 Å². The van der Waals surface area contributed by atoms with Crippen LogP contribution in [-0.4, -0.2) is 56.5 Å². The van der Waals surface area contributed by atoms with Crippen molar-refractivity contribution in [1.82, 2.24) is 29.9 Å². The van der Waals surface area contributed by atoms with Crippen LogP contribution in [0.2, 0.25) is 0 Å². The Bertz CT molecular complexity index is 1130. The smallest absolute Gasteiger partial charge is 0.225 e. The molecule has 2 aromatic carbocycles. The van der Waals surface area contributed by atoms with Crippen LogP contribution in [0.15, 0.2) is 48.5 Å². The fourth-order valence-corrected chi connectivity index (χ4v) is 2.81. The van der Waals surface area contributed by atoms with E-state index in [0.29, 0.717) is 24.4 Å². The van der Waals surface area contributed by atoms with Gasteiger partial charge < -0.3 is 15.5 Å². The second-order valence-corrected chi connectivity index (χ2v) is 6.67. The van der Waals surface area contributed by atoms with Gasteiger partial charge in [0.15, 0.2) is 5.82 Å². The van der Waals surface area contributed by atoms with Gasteiger partial charge in [-0.05, 0) is 60.9 Å². The maximum atomic E-state index is 11.9. The van der Waals surface area contributed by atoms with Crippen molar-refractivity contribution in [3.8, 4) is 0 Å². The SMILES string of the molecule is CC.CN(C)CCC(=O)Nc1ccc(Nc2nc3ccccc3n3nnnc23)cc1.[HH].[HH]. The van der Waals surface area contributed by atoms with Crippen LogP contribution in [0.4, 0.5) is 17.2 Å². The maximum absolute atomic E-state index is 11.9. The Labute approximate surface area is 178 Å². The third kappa shape index (κ3) is 4.87. The molecule has 160 valence electrons. The highest BCUT2D eigenvalue weighted by atomic mass is 16.1. The number of aromatic nitrogens is 5. The molecule has 9 heteroatoms. The molecule has 0 bridgehead atoms. The van der Waals surface area contributed by atoms with Gasteiger partial charge in [0.25, 0.3) is 0 Å². The van der Waals surface area contributed by atoms with Gasteiger partial charge in [-0.15, -0.1) is 5.10 Å². The molecule has 1 amide bonds. The number of nitrogens with one attached hydrogen (secondary N) is 2. The van der Waals surface area contributed by atoms with Crippen LogP contribution < -0.4 is 10.6 Å². The lowest BCUT2D eigenvalue weighted by atomic mass is 10.2. The molecule has 0 unspecified atom stereocenters. The van der Waals surface area contributed by atoms with E-state index in [1.54, 1.807) is 4.52 Å². The minimum atomic E-state index is -0.0122. The van der Waals surface area contributed by atoms with E-state index in [-0.39, 0.29) is 8.76 Å². The van der Waals surface area contributed by atoms with Gasteiger partial charge in [-0.25, -0.2) is 4.98 Å². The van der Waals surface area contributed by atoms with Crippen LogP contribution in [0.3, 0.4) is 0 Å². The molecule has 0 saturated carbocycles. The number of hydrogen-bond donors (Lipinski definition) is 2. The molecule has 30 heavy (non-hydrogen) atoms. The lowest BCUT2D eigenvalue weighted by Crippen LogP contribution is -2.20. The van der Waals surface area contributed by atoms with Crippen molar-refractivity contribution in [2.75, 3.05) is 31.3 Å². The minimum absolute atomic E-state index is 0. The highest BCUT2D eigenvalue weighted by Gasteiger charge is 2.11. The molecular formula is C21H30N8O. The summed E-state index contributed by atoms with van der Waals surface area (Å²) in [4.78, 5) is 18.6. The number of carbonyl (C=O) groups excluding carboxylic acids is 1. The molecule has 0 aliphatic rings. The first-order valence-corrected chi connectivity index (χ1v) is 9.89. The molecule has 2 heterocycles. The van der Waals surface area contributed by atoms with E-state index in [2.05, 4.69) is 31.1 Å². The van der Waals surface area contributed by atoms with Gasteiger partial charge in [0.2, 0.25) is 11.6 Å². The quantitative estimate of drug-likeness (QED) is 0.498. The zero-order valence-corrected chi connectivity index (χ0v) is 17.6. The standard InChI is InChI=1S/C19H20N8O.C2H6.2H2/c1-26(2)12-11-17(28)20-13-7-9-14(10-8-13)21-18-19-23-24-25-27(19)16-6-4-3-5-15(16)22-18;1-2;;/h3-10H,11-12H2,1-2H3,(H,20,28)(H,21,22);1-2H3;2*1H. The first kappa shape index (κ1) is 21.1. The van der Waals surface area contributed by atoms with Crippen molar-refractivity contribution in [2.45, 2.75) is 20.3 Å². The number of para-hydroxylation sites is 2. The number of anilines is 3. The number of carbonyl (C=O) groups is 1. The summed E-state index contributed by atoms with van der Waals surface area (Å²) in [6.07, 6.45) is 0.450. The third-order valence-electron chi connectivity index (χ3n) is 4.24. The van der Waals surface area contributed by atoms with E-state index in [1.807, 2.05) is 81.4 Å². The molecule has 4 aromatic rings. The Hall–Kier alpha value is -3.59. The molecule has 0 saturated heterocycles. The molecule has 0 atom stereocenters. The van der Waals surface area contributed by atoms with E-state index in [0.717, 1.165) is 22.4 Å². The second-order valence-electron chi connectivity index (χ2n) is 6.67. The highest BCUT2D eigenvalue weighted by Crippen LogP contribution is 2.23. The summed E-state index contributed by atoms with van der Waals surface area (Å²) in [6, 6.07) is 15.1. The molecule has 2 N–H and O–H groups in total. The fraction of sp³-hybridized carbons (Fsp3) is 0.286. The Morgan fingerprint density at radius 2 is 1.77 bits per heavy atom. The number of benzene rings is 2. The van der Waals surface area contributed by atoms with Crippen molar-refractivity contribution < 1.29 is 7.65 Å². The average molecular weight is 411 g/mol. The van der Waals surface area contributed by atoms with Crippen molar-refractivity contribution in [3.63, 3.8) is 0 Å². The number of fused-ring (bicyclic) bond motifs is 3. The Morgan fingerprint density at radius 3 is 2.50 bits per heavy atom. The molecule has 0 aliphatic carbocycles. The predicted octanol–water partition coefficient (Wildman–Crippen LogP) is 3.82. The molecule has 0 radical (unpaired) electrons. The monoisotopic (exact) mass is 410 g/mol. The summed E-state index contributed by atoms with van der Waals surface area (Å²) >= 11 is 0. The van der Waals surface area contributed by atoms with Gasteiger partial charge in [0, 0.05) is 27.2 Å². The zero-order valence-electron chi connectivity index (χ0n) is 17.6.